The molecule has 0 saturated heterocycles. The van der Waals surface area contributed by atoms with Crippen LogP contribution in [0.2, 0.25) is 0 Å². The summed E-state index contributed by atoms with van der Waals surface area (Å²) in [5.74, 6) is 0.173. The second-order valence-electron chi connectivity index (χ2n) is 7.91. The third kappa shape index (κ3) is 2.69. The van der Waals surface area contributed by atoms with Crippen LogP contribution in [0.4, 0.5) is 0 Å². The van der Waals surface area contributed by atoms with Crippen molar-refractivity contribution in [2.75, 3.05) is 6.54 Å². The maximum Gasteiger partial charge on any atom is 0.250 e. The summed E-state index contributed by atoms with van der Waals surface area (Å²) in [6, 6.07) is 17.2. The highest BCUT2D eigenvalue weighted by Gasteiger charge is 2.38. The third-order valence-electron chi connectivity index (χ3n) is 6.10. The Hall–Kier alpha value is -2.81. The first kappa shape index (κ1) is 18.5. The average molecular weight is 373 g/mol. The molecular weight excluding hydrogens is 344 g/mol. The van der Waals surface area contributed by atoms with Crippen molar-refractivity contribution < 1.29 is 4.79 Å². The molecule has 1 amide bonds. The van der Waals surface area contributed by atoms with E-state index in [0.717, 1.165) is 18.5 Å². The van der Waals surface area contributed by atoms with E-state index in [1.807, 2.05) is 6.92 Å². The fourth-order valence-electron chi connectivity index (χ4n) is 4.54. The number of hydrogen-bond acceptors (Lipinski definition) is 1. The van der Waals surface area contributed by atoms with Gasteiger partial charge in [-0.2, -0.15) is 0 Å². The molecule has 3 heteroatoms. The van der Waals surface area contributed by atoms with E-state index in [2.05, 4.69) is 85.8 Å². The average Bonchev–Trinajstić information content (AvgIpc) is 3.10. The van der Waals surface area contributed by atoms with E-state index < -0.39 is 0 Å². The van der Waals surface area contributed by atoms with Crippen molar-refractivity contribution in [1.82, 2.24) is 9.47 Å². The first-order valence-electron chi connectivity index (χ1n) is 10.1. The van der Waals surface area contributed by atoms with E-state index in [-0.39, 0.29) is 11.9 Å². The van der Waals surface area contributed by atoms with E-state index in [9.17, 15) is 4.79 Å². The van der Waals surface area contributed by atoms with Crippen molar-refractivity contribution in [1.29, 1.82) is 0 Å². The summed E-state index contributed by atoms with van der Waals surface area (Å²) in [5.41, 5.74) is 8.16. The van der Waals surface area contributed by atoms with Crippen LogP contribution in [0.1, 0.15) is 44.4 Å². The lowest BCUT2D eigenvalue weighted by molar-refractivity contribution is -0.127. The SMILES string of the molecule is CCCN1C(=O)C(C)=C(C)[C@H]1c1c(-c2ccc(C)cc2)n(C)c2ccccc12. The van der Waals surface area contributed by atoms with Crippen molar-refractivity contribution in [2.45, 2.75) is 40.2 Å². The zero-order valence-corrected chi connectivity index (χ0v) is 17.4. The number of para-hydroxylation sites is 1. The van der Waals surface area contributed by atoms with Gasteiger partial charge in [-0.25, -0.2) is 0 Å². The van der Waals surface area contributed by atoms with Crippen LogP contribution >= 0.6 is 0 Å². The van der Waals surface area contributed by atoms with Crippen LogP contribution in [0, 0.1) is 6.92 Å². The Morgan fingerprint density at radius 2 is 1.64 bits per heavy atom. The van der Waals surface area contributed by atoms with Crippen molar-refractivity contribution in [3.8, 4) is 11.3 Å². The molecule has 4 rings (SSSR count). The van der Waals surface area contributed by atoms with Crippen LogP contribution in [-0.2, 0) is 11.8 Å². The minimum Gasteiger partial charge on any atom is -0.343 e. The molecule has 1 aliphatic rings. The van der Waals surface area contributed by atoms with Crippen LogP contribution in [0.15, 0.2) is 59.7 Å². The van der Waals surface area contributed by atoms with Gasteiger partial charge in [-0.05, 0) is 44.4 Å². The van der Waals surface area contributed by atoms with Crippen molar-refractivity contribution in [2.24, 2.45) is 7.05 Å². The maximum atomic E-state index is 13.0. The van der Waals surface area contributed by atoms with Gasteiger partial charge in [0.2, 0.25) is 5.91 Å². The fraction of sp³-hybridized carbons (Fsp3) is 0.320. The van der Waals surface area contributed by atoms with Gasteiger partial charge in [0.05, 0.1) is 11.7 Å². The molecule has 0 spiro atoms. The van der Waals surface area contributed by atoms with Gasteiger partial charge in [-0.15, -0.1) is 0 Å². The van der Waals surface area contributed by atoms with E-state index in [4.69, 9.17) is 0 Å². The summed E-state index contributed by atoms with van der Waals surface area (Å²) >= 11 is 0. The van der Waals surface area contributed by atoms with E-state index in [0.29, 0.717) is 0 Å². The van der Waals surface area contributed by atoms with E-state index in [1.54, 1.807) is 0 Å². The van der Waals surface area contributed by atoms with Crippen molar-refractivity contribution in [3.63, 3.8) is 0 Å². The molecule has 1 aliphatic heterocycles. The maximum absolute atomic E-state index is 13.0. The highest BCUT2D eigenvalue weighted by Crippen LogP contribution is 2.46. The number of nitrogens with zero attached hydrogens (tertiary/aromatic N) is 2. The number of carbonyl (C=O) groups is 1. The predicted molar refractivity (Wildman–Crippen MR) is 116 cm³/mol. The molecule has 28 heavy (non-hydrogen) atoms. The summed E-state index contributed by atoms with van der Waals surface area (Å²) in [5, 5.41) is 1.23. The number of aryl methyl sites for hydroxylation is 2. The molecule has 1 aromatic heterocycles. The predicted octanol–water partition coefficient (Wildman–Crippen LogP) is 5.78. The number of hydrogen-bond donors (Lipinski definition) is 0. The molecule has 0 aliphatic carbocycles. The lowest BCUT2D eigenvalue weighted by Gasteiger charge is -2.27. The summed E-state index contributed by atoms with van der Waals surface area (Å²) in [7, 11) is 2.13. The normalized spacial score (nSPS) is 17.2. The Labute approximate surface area is 167 Å². The number of amides is 1. The van der Waals surface area contributed by atoms with Crippen molar-refractivity contribution in [3.05, 3.63) is 70.8 Å². The molecule has 0 unspecified atom stereocenters. The number of rotatable bonds is 4. The summed E-state index contributed by atoms with van der Waals surface area (Å²) < 4.78 is 2.28. The number of benzene rings is 2. The molecule has 144 valence electrons. The number of aromatic nitrogens is 1. The first-order chi connectivity index (χ1) is 13.5. The molecule has 2 heterocycles. The van der Waals surface area contributed by atoms with Crippen LogP contribution in [-0.4, -0.2) is 21.9 Å². The van der Waals surface area contributed by atoms with Crippen LogP contribution < -0.4 is 0 Å². The molecule has 0 saturated carbocycles. The van der Waals surface area contributed by atoms with E-state index in [1.165, 1.54) is 38.9 Å². The Morgan fingerprint density at radius 3 is 2.32 bits per heavy atom. The second-order valence-corrected chi connectivity index (χ2v) is 7.91. The monoisotopic (exact) mass is 372 g/mol. The molecule has 2 aromatic carbocycles. The van der Waals surface area contributed by atoms with Gasteiger partial charge in [0, 0.05) is 35.6 Å². The molecule has 3 nitrogen and oxygen atoms in total. The minimum atomic E-state index is -0.00477. The quantitative estimate of drug-likeness (QED) is 0.569. The van der Waals surface area contributed by atoms with Crippen LogP contribution in [0.25, 0.3) is 22.2 Å². The van der Waals surface area contributed by atoms with E-state index >= 15 is 0 Å². The van der Waals surface area contributed by atoms with Gasteiger partial charge in [0.15, 0.2) is 0 Å². The lowest BCUT2D eigenvalue weighted by atomic mass is 9.93. The van der Waals surface area contributed by atoms with Crippen LogP contribution in [0.3, 0.4) is 0 Å². The van der Waals surface area contributed by atoms with Gasteiger partial charge in [0.1, 0.15) is 0 Å². The molecule has 1 atom stereocenters. The molecule has 0 N–H and O–H groups in total. The smallest absolute Gasteiger partial charge is 0.250 e. The highest BCUT2D eigenvalue weighted by atomic mass is 16.2. The van der Waals surface area contributed by atoms with Gasteiger partial charge in [-0.3, -0.25) is 4.79 Å². The van der Waals surface area contributed by atoms with Gasteiger partial charge in [0.25, 0.3) is 0 Å². The van der Waals surface area contributed by atoms with Crippen LogP contribution in [0.5, 0.6) is 0 Å². The summed E-state index contributed by atoms with van der Waals surface area (Å²) in [4.78, 5) is 15.0. The zero-order valence-electron chi connectivity index (χ0n) is 17.4. The summed E-state index contributed by atoms with van der Waals surface area (Å²) in [6.07, 6.45) is 0.952. The summed E-state index contributed by atoms with van der Waals surface area (Å²) in [6.45, 7) is 9.11. The zero-order chi connectivity index (χ0) is 20.0. The molecule has 0 bridgehead atoms. The lowest BCUT2D eigenvalue weighted by Crippen LogP contribution is -2.31. The standard InChI is InChI=1S/C25H28N2O/c1-6-15-27-23(17(3)18(4)25(27)28)22-20-9-7-8-10-21(20)26(5)24(22)19-13-11-16(2)12-14-19/h7-14,23H,6,15H2,1-5H3/t23-/m0/s1. The van der Waals surface area contributed by atoms with Crippen molar-refractivity contribution >= 4 is 16.8 Å². The number of carbonyl (C=O) groups excluding carboxylic acids is 1. The van der Waals surface area contributed by atoms with Gasteiger partial charge < -0.3 is 9.47 Å². The highest BCUT2D eigenvalue weighted by molar-refractivity contribution is 6.00. The second kappa shape index (κ2) is 6.97. The first-order valence-corrected chi connectivity index (χ1v) is 10.1. The Kier molecular flexibility index (Phi) is 4.62. The molecule has 3 aromatic rings. The molecule has 0 radical (unpaired) electrons. The molecule has 0 fully saturated rings. The number of fused-ring (bicyclic) bond motifs is 1. The Balaban J connectivity index is 2.04. The Bertz CT molecular complexity index is 1090. The minimum absolute atomic E-state index is 0.00477. The molecular formula is C25H28N2O. The largest absolute Gasteiger partial charge is 0.343 e. The van der Waals surface area contributed by atoms with Gasteiger partial charge in [-0.1, -0.05) is 55.0 Å². The fourth-order valence-corrected chi connectivity index (χ4v) is 4.54. The topological polar surface area (TPSA) is 25.2 Å². The van der Waals surface area contributed by atoms with Gasteiger partial charge >= 0.3 is 0 Å². The third-order valence-corrected chi connectivity index (χ3v) is 6.10. The Morgan fingerprint density at radius 1 is 0.964 bits per heavy atom.